The van der Waals surface area contributed by atoms with Gasteiger partial charge in [-0.25, -0.2) is 0 Å². The second-order valence-electron chi connectivity index (χ2n) is 5.51. The molecular weight excluding hydrogens is 308 g/mol. The van der Waals surface area contributed by atoms with Crippen molar-refractivity contribution >= 4 is 23.6 Å². The Balaban J connectivity index is 1.76. The summed E-state index contributed by atoms with van der Waals surface area (Å²) in [5.74, 6) is -0.342. The van der Waals surface area contributed by atoms with Gasteiger partial charge in [-0.1, -0.05) is 36.4 Å². The summed E-state index contributed by atoms with van der Waals surface area (Å²) in [6, 6.07) is 15.5. The van der Waals surface area contributed by atoms with Crippen LogP contribution in [0.15, 0.2) is 53.4 Å². The average Bonchev–Trinajstić information content (AvgIpc) is 2.96. The summed E-state index contributed by atoms with van der Waals surface area (Å²) < 4.78 is 0. The number of aryl methyl sites for hydroxylation is 1. The zero-order valence-electron chi connectivity index (χ0n) is 12.6. The summed E-state index contributed by atoms with van der Waals surface area (Å²) in [7, 11) is 0. The second kappa shape index (κ2) is 6.87. The summed E-state index contributed by atoms with van der Waals surface area (Å²) >= 11 is 1.29. The lowest BCUT2D eigenvalue weighted by Gasteiger charge is -2.15. The Bertz CT molecular complexity index is 745. The highest BCUT2D eigenvalue weighted by atomic mass is 32.2. The Kier molecular flexibility index (Phi) is 4.67. The molecule has 0 heterocycles. The number of rotatable bonds is 5. The first-order chi connectivity index (χ1) is 11.1. The van der Waals surface area contributed by atoms with E-state index in [-0.39, 0.29) is 17.7 Å². The molecule has 5 heteroatoms. The van der Waals surface area contributed by atoms with Crippen LogP contribution in [-0.4, -0.2) is 17.6 Å². The van der Waals surface area contributed by atoms with Crippen LogP contribution >= 0.6 is 11.8 Å². The van der Waals surface area contributed by atoms with Gasteiger partial charge < -0.3 is 11.1 Å². The van der Waals surface area contributed by atoms with Crippen molar-refractivity contribution < 1.29 is 9.59 Å². The third-order valence-corrected chi connectivity index (χ3v) is 5.04. The number of hydrogen-bond donors (Lipinski definition) is 2. The highest BCUT2D eigenvalue weighted by Crippen LogP contribution is 2.31. The van der Waals surface area contributed by atoms with E-state index in [4.69, 9.17) is 5.73 Å². The Hall–Kier alpha value is -2.27. The van der Waals surface area contributed by atoms with E-state index < -0.39 is 5.91 Å². The van der Waals surface area contributed by atoms with Crippen molar-refractivity contribution in [3.63, 3.8) is 0 Å². The maximum absolute atomic E-state index is 12.6. The molecule has 0 saturated carbocycles. The molecule has 1 aliphatic rings. The first-order valence-electron chi connectivity index (χ1n) is 7.54. The molecule has 118 valence electrons. The van der Waals surface area contributed by atoms with Crippen molar-refractivity contribution in [2.75, 3.05) is 5.75 Å². The molecule has 2 amide bonds. The van der Waals surface area contributed by atoms with Gasteiger partial charge in [0, 0.05) is 4.90 Å². The van der Waals surface area contributed by atoms with Crippen LogP contribution in [0.3, 0.4) is 0 Å². The smallest absolute Gasteiger partial charge is 0.252 e. The predicted octanol–water partition coefficient (Wildman–Crippen LogP) is 2.68. The zero-order chi connectivity index (χ0) is 16.2. The third kappa shape index (κ3) is 3.56. The molecule has 1 atom stereocenters. The van der Waals surface area contributed by atoms with Gasteiger partial charge in [-0.2, -0.15) is 0 Å². The van der Waals surface area contributed by atoms with Crippen molar-refractivity contribution in [2.24, 2.45) is 5.73 Å². The van der Waals surface area contributed by atoms with E-state index >= 15 is 0 Å². The van der Waals surface area contributed by atoms with Gasteiger partial charge in [0.15, 0.2) is 0 Å². The van der Waals surface area contributed by atoms with Gasteiger partial charge in [0.05, 0.1) is 17.4 Å². The number of nitrogens with two attached hydrogens (primary N) is 1. The van der Waals surface area contributed by atoms with Gasteiger partial charge in [0.25, 0.3) is 5.91 Å². The highest BCUT2D eigenvalue weighted by molar-refractivity contribution is 8.00. The molecule has 23 heavy (non-hydrogen) atoms. The molecule has 0 bridgehead atoms. The van der Waals surface area contributed by atoms with E-state index in [1.54, 1.807) is 6.07 Å². The zero-order valence-corrected chi connectivity index (χ0v) is 13.4. The molecule has 3 N–H and O–H groups in total. The van der Waals surface area contributed by atoms with Crippen LogP contribution in [0.25, 0.3) is 0 Å². The van der Waals surface area contributed by atoms with E-state index in [9.17, 15) is 9.59 Å². The highest BCUT2D eigenvalue weighted by Gasteiger charge is 2.24. The quantitative estimate of drug-likeness (QED) is 0.830. The van der Waals surface area contributed by atoms with Crippen LogP contribution in [0.2, 0.25) is 0 Å². The fraction of sp³-hybridized carbons (Fsp3) is 0.222. The molecule has 1 unspecified atom stereocenters. The van der Waals surface area contributed by atoms with Crippen molar-refractivity contribution in [3.8, 4) is 0 Å². The van der Waals surface area contributed by atoms with E-state index in [0.29, 0.717) is 5.56 Å². The first kappa shape index (κ1) is 15.6. The number of primary amides is 1. The number of thioether (sulfide) groups is 1. The van der Waals surface area contributed by atoms with Crippen molar-refractivity contribution in [3.05, 3.63) is 65.2 Å². The number of nitrogens with one attached hydrogen (secondary N) is 1. The van der Waals surface area contributed by atoms with Crippen molar-refractivity contribution in [1.29, 1.82) is 0 Å². The molecule has 0 aromatic heterocycles. The SMILES string of the molecule is NC(=O)CSc1ccccc1C(=O)NC1CCc2ccccc21. The standard InChI is InChI=1S/C18H18N2O2S/c19-17(21)11-23-16-8-4-3-7-14(16)18(22)20-15-10-9-12-5-1-2-6-13(12)15/h1-8,15H,9-11H2,(H2,19,21)(H,20,22). The summed E-state index contributed by atoms with van der Waals surface area (Å²) in [6.45, 7) is 0. The van der Waals surface area contributed by atoms with E-state index in [1.165, 1.54) is 22.9 Å². The molecule has 2 aromatic rings. The topological polar surface area (TPSA) is 72.2 Å². The second-order valence-corrected chi connectivity index (χ2v) is 6.53. The lowest BCUT2D eigenvalue weighted by Crippen LogP contribution is -2.27. The number of amides is 2. The molecule has 0 aliphatic heterocycles. The van der Waals surface area contributed by atoms with Crippen LogP contribution in [-0.2, 0) is 11.2 Å². The minimum Gasteiger partial charge on any atom is -0.369 e. The molecule has 1 aliphatic carbocycles. The fourth-order valence-electron chi connectivity index (χ4n) is 2.87. The monoisotopic (exact) mass is 326 g/mol. The Morgan fingerprint density at radius 2 is 1.87 bits per heavy atom. The number of fused-ring (bicyclic) bond motifs is 1. The van der Waals surface area contributed by atoms with Crippen LogP contribution in [0.5, 0.6) is 0 Å². The lowest BCUT2D eigenvalue weighted by molar-refractivity contribution is -0.115. The van der Waals surface area contributed by atoms with Gasteiger partial charge in [-0.3, -0.25) is 9.59 Å². The van der Waals surface area contributed by atoms with Gasteiger partial charge in [-0.15, -0.1) is 11.8 Å². The maximum atomic E-state index is 12.6. The summed E-state index contributed by atoms with van der Waals surface area (Å²) in [4.78, 5) is 24.4. The van der Waals surface area contributed by atoms with E-state index in [0.717, 1.165) is 17.7 Å². The Labute approximate surface area is 139 Å². The molecule has 4 nitrogen and oxygen atoms in total. The first-order valence-corrected chi connectivity index (χ1v) is 8.52. The molecular formula is C18H18N2O2S. The summed E-state index contributed by atoms with van der Waals surface area (Å²) in [5.41, 5.74) is 8.28. The summed E-state index contributed by atoms with van der Waals surface area (Å²) in [6.07, 6.45) is 1.90. The van der Waals surface area contributed by atoms with E-state index in [2.05, 4.69) is 17.4 Å². The Morgan fingerprint density at radius 3 is 2.70 bits per heavy atom. The van der Waals surface area contributed by atoms with Gasteiger partial charge >= 0.3 is 0 Å². The van der Waals surface area contributed by atoms with Crippen LogP contribution in [0, 0.1) is 0 Å². The number of hydrogen-bond acceptors (Lipinski definition) is 3. The molecule has 0 radical (unpaired) electrons. The van der Waals surface area contributed by atoms with E-state index in [1.807, 2.05) is 30.3 Å². The lowest BCUT2D eigenvalue weighted by atomic mass is 10.1. The van der Waals surface area contributed by atoms with Gasteiger partial charge in [-0.05, 0) is 36.1 Å². The van der Waals surface area contributed by atoms with Gasteiger partial charge in [0.1, 0.15) is 0 Å². The van der Waals surface area contributed by atoms with Crippen molar-refractivity contribution in [2.45, 2.75) is 23.8 Å². The average molecular weight is 326 g/mol. The minimum atomic E-state index is -0.394. The fourth-order valence-corrected chi connectivity index (χ4v) is 3.66. The number of benzene rings is 2. The largest absolute Gasteiger partial charge is 0.369 e. The number of carbonyl (C=O) groups excluding carboxylic acids is 2. The van der Waals surface area contributed by atoms with Gasteiger partial charge in [0.2, 0.25) is 5.91 Å². The minimum absolute atomic E-state index is 0.0490. The third-order valence-electron chi connectivity index (χ3n) is 3.94. The number of carbonyl (C=O) groups is 2. The normalized spacial score (nSPS) is 15.9. The van der Waals surface area contributed by atoms with Crippen LogP contribution in [0.1, 0.15) is 33.9 Å². The maximum Gasteiger partial charge on any atom is 0.252 e. The molecule has 0 fully saturated rings. The van der Waals surface area contributed by atoms with Crippen LogP contribution in [0.4, 0.5) is 0 Å². The Morgan fingerprint density at radius 1 is 1.13 bits per heavy atom. The summed E-state index contributed by atoms with van der Waals surface area (Å²) in [5, 5.41) is 3.11. The molecule has 2 aromatic carbocycles. The molecule has 0 saturated heterocycles. The molecule has 3 rings (SSSR count). The van der Waals surface area contributed by atoms with Crippen LogP contribution < -0.4 is 11.1 Å². The molecule has 0 spiro atoms. The predicted molar refractivity (Wildman–Crippen MR) is 91.3 cm³/mol. The van der Waals surface area contributed by atoms with Crippen molar-refractivity contribution in [1.82, 2.24) is 5.32 Å².